The van der Waals surface area contributed by atoms with Gasteiger partial charge in [0.15, 0.2) is 0 Å². The molecule has 3 aromatic carbocycles. The molecule has 0 spiro atoms. The molecule has 0 saturated heterocycles. The molecule has 3 aromatic rings. The molecule has 0 aliphatic heterocycles. The monoisotopic (exact) mass is 618 g/mol. The highest BCUT2D eigenvalue weighted by atomic mass is 15.0. The van der Waals surface area contributed by atoms with Gasteiger partial charge in [0.05, 0.1) is 11.4 Å². The lowest BCUT2D eigenvalue weighted by molar-refractivity contribution is 0.595. The second-order valence-electron chi connectivity index (χ2n) is 11.7. The zero-order chi connectivity index (χ0) is 33.2. The highest BCUT2D eigenvalue weighted by molar-refractivity contribution is 5.83. The van der Waals surface area contributed by atoms with Gasteiger partial charge in [-0.15, -0.1) is 6.58 Å². The van der Waals surface area contributed by atoms with Crippen LogP contribution in [-0.4, -0.2) is 13.1 Å². The SMILES string of the molecule is C.C=C(C)CCc1ccccc1.C=C(C)NCCNC(=C)C(C)Cc1ccc(C(=C)Nc2cc(/C(C)=C/C=C\C)ccc2N)cc1. The highest BCUT2D eigenvalue weighted by Crippen LogP contribution is 2.28. The first-order valence-electron chi connectivity index (χ1n) is 15.7. The Labute approximate surface area is 280 Å². The van der Waals surface area contributed by atoms with E-state index in [9.17, 15) is 0 Å². The van der Waals surface area contributed by atoms with Gasteiger partial charge in [-0.1, -0.05) is 119 Å². The lowest BCUT2D eigenvalue weighted by Gasteiger charge is -2.18. The van der Waals surface area contributed by atoms with Crippen molar-refractivity contribution in [2.24, 2.45) is 5.92 Å². The maximum Gasteiger partial charge on any atom is 0.0624 e. The largest absolute Gasteiger partial charge is 0.397 e. The van der Waals surface area contributed by atoms with E-state index in [1.807, 2.05) is 44.2 Å². The molecule has 0 aliphatic carbocycles. The van der Waals surface area contributed by atoms with Gasteiger partial charge in [-0.3, -0.25) is 0 Å². The maximum atomic E-state index is 6.22. The fraction of sp³-hybridized carbons (Fsp3) is 0.286. The van der Waals surface area contributed by atoms with Crippen LogP contribution in [0, 0.1) is 5.92 Å². The molecule has 4 heteroatoms. The molecule has 0 heterocycles. The van der Waals surface area contributed by atoms with Gasteiger partial charge in [0.25, 0.3) is 0 Å². The number of nitrogens with one attached hydrogen (secondary N) is 3. The quantitative estimate of drug-likeness (QED) is 0.0558. The minimum atomic E-state index is 0. The lowest BCUT2D eigenvalue weighted by Crippen LogP contribution is -2.28. The van der Waals surface area contributed by atoms with E-state index in [1.165, 1.54) is 22.3 Å². The molecule has 1 atom stereocenters. The molecule has 5 N–H and O–H groups in total. The maximum absolute atomic E-state index is 6.22. The number of nitrogen functional groups attached to an aromatic ring is 1. The van der Waals surface area contributed by atoms with Gasteiger partial charge < -0.3 is 21.7 Å². The van der Waals surface area contributed by atoms with Crippen LogP contribution in [0.2, 0.25) is 0 Å². The van der Waals surface area contributed by atoms with Gasteiger partial charge in [0.1, 0.15) is 0 Å². The number of rotatable bonds is 16. The van der Waals surface area contributed by atoms with Crippen LogP contribution < -0.4 is 21.7 Å². The summed E-state index contributed by atoms with van der Waals surface area (Å²) in [4.78, 5) is 0. The van der Waals surface area contributed by atoms with Crippen molar-refractivity contribution in [3.63, 3.8) is 0 Å². The fourth-order valence-electron chi connectivity index (χ4n) is 4.48. The van der Waals surface area contributed by atoms with E-state index in [0.29, 0.717) is 11.6 Å². The van der Waals surface area contributed by atoms with Crippen molar-refractivity contribution < 1.29 is 0 Å². The average Bonchev–Trinajstić information content (AvgIpc) is 3.02. The number of allylic oxidation sites excluding steroid dienone is 7. The van der Waals surface area contributed by atoms with Crippen LogP contribution >= 0.6 is 0 Å². The first-order chi connectivity index (χ1) is 21.5. The van der Waals surface area contributed by atoms with Gasteiger partial charge in [-0.2, -0.15) is 0 Å². The smallest absolute Gasteiger partial charge is 0.0624 e. The summed E-state index contributed by atoms with van der Waals surface area (Å²) < 4.78 is 0. The number of benzene rings is 3. The van der Waals surface area contributed by atoms with Crippen LogP contribution in [0.1, 0.15) is 70.7 Å². The van der Waals surface area contributed by atoms with E-state index in [1.54, 1.807) is 0 Å². The van der Waals surface area contributed by atoms with Crippen LogP contribution in [0.5, 0.6) is 0 Å². The number of hydrogen-bond acceptors (Lipinski definition) is 4. The molecule has 0 radical (unpaired) electrons. The Balaban J connectivity index is 0.000000743. The number of aryl methyl sites for hydroxylation is 1. The standard InChI is InChI=1S/C30H40N4.C11H14.CH4/c1-8-9-10-22(4)28-15-16-29(31)30(20-28)34-25(7)27-13-11-26(12-14-27)19-23(5)24(6)33-18-17-32-21(2)3;1-10(2)8-9-11-6-4-3-5-7-11;/h8-16,20,23,32-34H,2,6-7,17-19,31H2,1,3-5H3;3-7H,1,8-9H2,2H3;1H4/b9-8-,22-10+;;. The Morgan fingerprint density at radius 1 is 0.826 bits per heavy atom. The van der Waals surface area contributed by atoms with E-state index in [2.05, 4.69) is 124 Å². The summed E-state index contributed by atoms with van der Waals surface area (Å²) in [5, 5.41) is 10.0. The first kappa shape index (κ1) is 39.3. The predicted octanol–water partition coefficient (Wildman–Crippen LogP) is 10.6. The Hall–Kier alpha value is -4.70. The molecular weight excluding hydrogens is 560 g/mol. The summed E-state index contributed by atoms with van der Waals surface area (Å²) in [6, 6.07) is 25.0. The molecule has 3 rings (SSSR count). The normalized spacial score (nSPS) is 11.4. The van der Waals surface area contributed by atoms with E-state index in [0.717, 1.165) is 66.3 Å². The fourth-order valence-corrected chi connectivity index (χ4v) is 4.48. The van der Waals surface area contributed by atoms with Gasteiger partial charge in [-0.25, -0.2) is 0 Å². The van der Waals surface area contributed by atoms with E-state index < -0.39 is 0 Å². The Bertz CT molecular complexity index is 1460. The summed E-state index contributed by atoms with van der Waals surface area (Å²) >= 11 is 0. The minimum Gasteiger partial charge on any atom is -0.397 e. The van der Waals surface area contributed by atoms with Crippen LogP contribution in [-0.2, 0) is 12.8 Å². The second kappa shape index (κ2) is 21.1. The van der Waals surface area contributed by atoms with Crippen molar-refractivity contribution in [2.45, 2.75) is 61.3 Å². The third kappa shape index (κ3) is 14.9. The van der Waals surface area contributed by atoms with Crippen molar-refractivity contribution in [1.82, 2.24) is 10.6 Å². The zero-order valence-corrected chi connectivity index (χ0v) is 28.2. The molecule has 0 bridgehead atoms. The summed E-state index contributed by atoms with van der Waals surface area (Å²) in [7, 11) is 0. The van der Waals surface area contributed by atoms with Gasteiger partial charge in [-0.05, 0) is 92.8 Å². The molecule has 46 heavy (non-hydrogen) atoms. The van der Waals surface area contributed by atoms with Crippen LogP contribution in [0.25, 0.3) is 11.3 Å². The third-order valence-corrected chi connectivity index (χ3v) is 7.36. The first-order valence-corrected chi connectivity index (χ1v) is 15.7. The molecule has 0 saturated carbocycles. The minimum absolute atomic E-state index is 0. The van der Waals surface area contributed by atoms with Gasteiger partial charge in [0.2, 0.25) is 0 Å². The molecule has 0 fully saturated rings. The second-order valence-corrected chi connectivity index (χ2v) is 11.7. The molecule has 0 aromatic heterocycles. The molecular formula is C42H58N4. The van der Waals surface area contributed by atoms with E-state index in [4.69, 9.17) is 5.73 Å². The number of hydrogen-bond donors (Lipinski definition) is 4. The van der Waals surface area contributed by atoms with Crippen molar-refractivity contribution in [3.05, 3.63) is 157 Å². The number of anilines is 2. The summed E-state index contributed by atoms with van der Waals surface area (Å²) in [5.41, 5.74) is 17.9. The average molecular weight is 619 g/mol. The van der Waals surface area contributed by atoms with Crippen LogP contribution in [0.15, 0.2) is 134 Å². The predicted molar refractivity (Wildman–Crippen MR) is 208 cm³/mol. The zero-order valence-electron chi connectivity index (χ0n) is 28.2. The Morgan fingerprint density at radius 3 is 2.07 bits per heavy atom. The topological polar surface area (TPSA) is 62.1 Å². The number of nitrogens with two attached hydrogens (primary N) is 1. The summed E-state index contributed by atoms with van der Waals surface area (Å²) in [6.45, 7) is 28.1. The molecule has 246 valence electrons. The summed E-state index contributed by atoms with van der Waals surface area (Å²) in [5.74, 6) is 0.332. The molecule has 4 nitrogen and oxygen atoms in total. The lowest BCUT2D eigenvalue weighted by atomic mass is 9.97. The van der Waals surface area contributed by atoms with E-state index in [-0.39, 0.29) is 7.43 Å². The highest BCUT2D eigenvalue weighted by Gasteiger charge is 2.09. The Morgan fingerprint density at radius 2 is 1.46 bits per heavy atom. The van der Waals surface area contributed by atoms with Gasteiger partial charge >= 0.3 is 0 Å². The van der Waals surface area contributed by atoms with Crippen LogP contribution in [0.4, 0.5) is 11.4 Å². The molecule has 0 amide bonds. The Kier molecular flexibility index (Phi) is 18.0. The molecule has 0 aliphatic rings. The third-order valence-electron chi connectivity index (χ3n) is 7.36. The van der Waals surface area contributed by atoms with Crippen molar-refractivity contribution >= 4 is 22.6 Å². The van der Waals surface area contributed by atoms with Crippen molar-refractivity contribution in [3.8, 4) is 0 Å². The van der Waals surface area contributed by atoms with E-state index >= 15 is 0 Å². The summed E-state index contributed by atoms with van der Waals surface area (Å²) in [6.07, 6.45) is 9.29. The van der Waals surface area contributed by atoms with Crippen molar-refractivity contribution in [2.75, 3.05) is 24.1 Å². The molecule has 1 unspecified atom stereocenters. The van der Waals surface area contributed by atoms with Gasteiger partial charge in [0, 0.05) is 30.2 Å². The van der Waals surface area contributed by atoms with Crippen molar-refractivity contribution in [1.29, 1.82) is 0 Å². The van der Waals surface area contributed by atoms with Crippen LogP contribution in [0.3, 0.4) is 0 Å².